The minimum atomic E-state index is -4.35. The van der Waals surface area contributed by atoms with Gasteiger partial charge < -0.3 is 21.1 Å². The predicted octanol–water partition coefficient (Wildman–Crippen LogP) is 10.4. The number of phosphoric acid groups is 1. The van der Waals surface area contributed by atoms with Gasteiger partial charge in [-0.05, 0) is 83.5 Å². The highest BCUT2D eigenvalue weighted by atomic mass is 31.2. The summed E-state index contributed by atoms with van der Waals surface area (Å²) in [7, 11) is -4.35. The normalized spacial score (nSPS) is 15.3. The van der Waals surface area contributed by atoms with Crippen molar-refractivity contribution in [1.82, 2.24) is 5.32 Å². The molecule has 0 aromatic rings. The molecule has 0 aliphatic heterocycles. The van der Waals surface area contributed by atoms with E-state index in [0.29, 0.717) is 6.42 Å². The zero-order chi connectivity index (χ0) is 37.5. The van der Waals surface area contributed by atoms with Gasteiger partial charge in [-0.15, -0.1) is 0 Å². The second kappa shape index (κ2) is 37.2. The van der Waals surface area contributed by atoms with Crippen molar-refractivity contribution in [2.75, 3.05) is 19.8 Å². The second-order valence-electron chi connectivity index (χ2n) is 12.4. The number of unbranched alkanes of at least 4 members (excludes halogenated alkanes) is 8. The van der Waals surface area contributed by atoms with Crippen molar-refractivity contribution < 1.29 is 28.4 Å². The highest BCUT2D eigenvalue weighted by molar-refractivity contribution is 7.47. The Hall–Kier alpha value is -2.58. The standard InChI is InChI=1S/C42H71N2O6P/c1-3-5-7-9-11-13-14-15-16-17-18-19-20-21-22-23-24-25-26-28-30-32-34-36-42(46)44-40(39-50-51(47,48)49-38-37-43)41(45)35-33-31-29-27-12-10-8-6-4-2/h5,7,11-13,15-16,18-19,21-22,24-25,27,33,35,40-41,45H,3-4,6,8-10,14,17,20,23,26,28-32,34,36-39,43H2,1-2H3,(H,44,46)(H,47,48)/b7-5-,13-11-,16-15-,19-18-,22-21-,25-24-,27-12+,35-33+. The third-order valence-corrected chi connectivity index (χ3v) is 8.63. The maximum Gasteiger partial charge on any atom is 0.472 e. The fourth-order valence-electron chi connectivity index (χ4n) is 4.74. The third-order valence-electron chi connectivity index (χ3n) is 7.64. The Labute approximate surface area is 311 Å². The summed E-state index contributed by atoms with van der Waals surface area (Å²) in [6.45, 7) is 3.88. The van der Waals surface area contributed by atoms with Gasteiger partial charge in [0.1, 0.15) is 0 Å². The van der Waals surface area contributed by atoms with Gasteiger partial charge in [0, 0.05) is 13.0 Å². The quantitative estimate of drug-likeness (QED) is 0.0294. The van der Waals surface area contributed by atoms with Gasteiger partial charge >= 0.3 is 7.82 Å². The average molecular weight is 731 g/mol. The van der Waals surface area contributed by atoms with E-state index in [1.165, 1.54) is 19.3 Å². The van der Waals surface area contributed by atoms with Crippen LogP contribution in [-0.4, -0.2) is 47.8 Å². The molecule has 0 saturated heterocycles. The number of carbonyl (C=O) groups is 1. The van der Waals surface area contributed by atoms with E-state index in [1.54, 1.807) is 6.08 Å². The van der Waals surface area contributed by atoms with Gasteiger partial charge in [0.25, 0.3) is 0 Å². The predicted molar refractivity (Wildman–Crippen MR) is 216 cm³/mol. The average Bonchev–Trinajstić information content (AvgIpc) is 3.12. The summed E-state index contributed by atoms with van der Waals surface area (Å²) >= 11 is 0. The lowest BCUT2D eigenvalue weighted by Crippen LogP contribution is -2.45. The molecule has 9 heteroatoms. The summed E-state index contributed by atoms with van der Waals surface area (Å²) in [6, 6.07) is -0.895. The van der Waals surface area contributed by atoms with E-state index in [4.69, 9.17) is 14.8 Å². The number of hydrogen-bond donors (Lipinski definition) is 4. The molecule has 0 saturated carbocycles. The number of amides is 1. The van der Waals surface area contributed by atoms with Crippen molar-refractivity contribution in [2.24, 2.45) is 5.73 Å². The molecule has 0 rings (SSSR count). The first-order chi connectivity index (χ1) is 24.9. The van der Waals surface area contributed by atoms with Crippen LogP contribution in [0.15, 0.2) is 97.2 Å². The van der Waals surface area contributed by atoms with Crippen LogP contribution in [0.1, 0.15) is 129 Å². The van der Waals surface area contributed by atoms with E-state index >= 15 is 0 Å². The van der Waals surface area contributed by atoms with Crippen molar-refractivity contribution in [1.29, 1.82) is 0 Å². The van der Waals surface area contributed by atoms with Gasteiger partial charge in [0.15, 0.2) is 0 Å². The molecule has 0 radical (unpaired) electrons. The van der Waals surface area contributed by atoms with Crippen molar-refractivity contribution in [2.45, 2.75) is 142 Å². The van der Waals surface area contributed by atoms with Crippen molar-refractivity contribution in [3.63, 3.8) is 0 Å². The van der Waals surface area contributed by atoms with E-state index in [-0.39, 0.29) is 25.7 Å². The van der Waals surface area contributed by atoms with Gasteiger partial charge in [-0.3, -0.25) is 13.8 Å². The summed E-state index contributed by atoms with van der Waals surface area (Å²) in [6.07, 6.45) is 50.4. The number of phosphoric ester groups is 1. The Morgan fingerprint density at radius 3 is 1.73 bits per heavy atom. The fraction of sp³-hybridized carbons (Fsp3) is 0.595. The van der Waals surface area contributed by atoms with Crippen LogP contribution in [0.25, 0.3) is 0 Å². The zero-order valence-electron chi connectivity index (χ0n) is 31.8. The number of rotatable bonds is 34. The van der Waals surface area contributed by atoms with Crippen LogP contribution >= 0.6 is 7.82 Å². The highest BCUT2D eigenvalue weighted by Gasteiger charge is 2.26. The molecule has 51 heavy (non-hydrogen) atoms. The number of hydrogen-bond acceptors (Lipinski definition) is 6. The van der Waals surface area contributed by atoms with Crippen LogP contribution in [0.5, 0.6) is 0 Å². The Morgan fingerprint density at radius 2 is 1.16 bits per heavy atom. The van der Waals surface area contributed by atoms with Crippen LogP contribution in [-0.2, 0) is 18.4 Å². The van der Waals surface area contributed by atoms with Crippen LogP contribution in [0.2, 0.25) is 0 Å². The van der Waals surface area contributed by atoms with Gasteiger partial charge in [-0.2, -0.15) is 0 Å². The fourth-order valence-corrected chi connectivity index (χ4v) is 5.50. The lowest BCUT2D eigenvalue weighted by atomic mass is 10.1. The summed E-state index contributed by atoms with van der Waals surface area (Å²) in [4.78, 5) is 22.6. The molecule has 0 fully saturated rings. The van der Waals surface area contributed by atoms with Gasteiger partial charge in [-0.25, -0.2) is 4.57 Å². The van der Waals surface area contributed by atoms with Gasteiger partial charge in [0.05, 0.1) is 25.4 Å². The first-order valence-corrected chi connectivity index (χ1v) is 20.9. The second-order valence-corrected chi connectivity index (χ2v) is 13.8. The Balaban J connectivity index is 4.29. The maximum atomic E-state index is 12.7. The van der Waals surface area contributed by atoms with E-state index < -0.39 is 20.0 Å². The SMILES string of the molecule is CC/C=C\C/C=C\C/C=C\C/C=C\C/C=C\C/C=C\CCCCCCC(=O)NC(COP(=O)(O)OCCN)C(O)/C=C/CC/C=C/CCCCC. The van der Waals surface area contributed by atoms with Crippen LogP contribution in [0.4, 0.5) is 0 Å². The molecular weight excluding hydrogens is 659 g/mol. The topological polar surface area (TPSA) is 131 Å². The first kappa shape index (κ1) is 48.4. The summed E-state index contributed by atoms with van der Waals surface area (Å²) in [5.74, 6) is -0.237. The monoisotopic (exact) mass is 731 g/mol. The van der Waals surface area contributed by atoms with E-state index in [9.17, 15) is 19.4 Å². The van der Waals surface area contributed by atoms with Gasteiger partial charge in [0.2, 0.25) is 5.91 Å². The molecule has 3 atom stereocenters. The Morgan fingerprint density at radius 1 is 0.667 bits per heavy atom. The maximum absolute atomic E-state index is 12.7. The molecule has 8 nitrogen and oxygen atoms in total. The number of allylic oxidation sites excluding steroid dienone is 15. The summed E-state index contributed by atoms with van der Waals surface area (Å²) in [5.41, 5.74) is 5.34. The molecule has 0 aromatic carbocycles. The lowest BCUT2D eigenvalue weighted by molar-refractivity contribution is -0.123. The molecule has 0 aromatic heterocycles. The minimum absolute atomic E-state index is 0.0634. The minimum Gasteiger partial charge on any atom is -0.387 e. The molecule has 0 aliphatic rings. The number of nitrogens with one attached hydrogen (secondary N) is 1. The molecule has 0 heterocycles. The first-order valence-electron chi connectivity index (χ1n) is 19.4. The lowest BCUT2D eigenvalue weighted by Gasteiger charge is -2.23. The molecule has 0 aliphatic carbocycles. The summed E-state index contributed by atoms with van der Waals surface area (Å²) < 4.78 is 22.0. The van der Waals surface area contributed by atoms with Crippen LogP contribution in [0, 0.1) is 0 Å². The Bertz CT molecular complexity index is 1110. The molecule has 0 spiro atoms. The smallest absolute Gasteiger partial charge is 0.387 e. The van der Waals surface area contributed by atoms with Crippen molar-refractivity contribution >= 4 is 13.7 Å². The van der Waals surface area contributed by atoms with Crippen LogP contribution in [0.3, 0.4) is 0 Å². The zero-order valence-corrected chi connectivity index (χ0v) is 32.7. The van der Waals surface area contributed by atoms with E-state index in [2.05, 4.69) is 104 Å². The van der Waals surface area contributed by atoms with Gasteiger partial charge in [-0.1, -0.05) is 137 Å². The van der Waals surface area contributed by atoms with Crippen LogP contribution < -0.4 is 11.1 Å². The molecule has 5 N–H and O–H groups in total. The molecular formula is C42H71N2O6P. The summed E-state index contributed by atoms with van der Waals surface area (Å²) in [5, 5.41) is 13.5. The molecule has 290 valence electrons. The van der Waals surface area contributed by atoms with E-state index in [0.717, 1.165) is 89.9 Å². The van der Waals surface area contributed by atoms with Crippen molar-refractivity contribution in [3.05, 3.63) is 97.2 Å². The molecule has 1 amide bonds. The number of carbonyl (C=O) groups excluding carboxylic acids is 1. The number of aliphatic hydroxyl groups excluding tert-OH is 1. The molecule has 0 bridgehead atoms. The van der Waals surface area contributed by atoms with Crippen molar-refractivity contribution in [3.8, 4) is 0 Å². The largest absolute Gasteiger partial charge is 0.472 e. The molecule has 3 unspecified atom stereocenters. The third kappa shape index (κ3) is 35.6. The Kier molecular flexibility index (Phi) is 35.3. The number of aliphatic hydroxyl groups is 1. The highest BCUT2D eigenvalue weighted by Crippen LogP contribution is 2.43. The number of nitrogens with two attached hydrogens (primary N) is 1. The van der Waals surface area contributed by atoms with E-state index in [1.807, 2.05) is 6.08 Å².